The first kappa shape index (κ1) is 20.6. The van der Waals surface area contributed by atoms with E-state index < -0.39 is 6.10 Å². The molecule has 0 spiro atoms. The van der Waals surface area contributed by atoms with Crippen LogP contribution in [-0.4, -0.2) is 24.8 Å². The third-order valence-electron chi connectivity index (χ3n) is 5.34. The van der Waals surface area contributed by atoms with Crippen LogP contribution in [-0.2, 0) is 11.4 Å². The van der Waals surface area contributed by atoms with Crippen molar-refractivity contribution >= 4 is 22.9 Å². The van der Waals surface area contributed by atoms with Crippen LogP contribution in [0.2, 0.25) is 0 Å². The summed E-state index contributed by atoms with van der Waals surface area (Å²) < 4.78 is 17.2. The van der Waals surface area contributed by atoms with E-state index in [1.807, 2.05) is 54.6 Å². The van der Waals surface area contributed by atoms with Crippen molar-refractivity contribution < 1.29 is 19.0 Å². The van der Waals surface area contributed by atoms with Gasteiger partial charge in [0.2, 0.25) is 6.10 Å². The summed E-state index contributed by atoms with van der Waals surface area (Å²) in [7, 11) is 0. The number of rotatable bonds is 6. The van der Waals surface area contributed by atoms with Crippen molar-refractivity contribution in [1.29, 1.82) is 0 Å². The Morgan fingerprint density at radius 1 is 0.939 bits per heavy atom. The summed E-state index contributed by atoms with van der Waals surface area (Å²) >= 11 is 0. The lowest BCUT2D eigenvalue weighted by atomic mass is 10.1. The molecule has 4 aromatic rings. The molecule has 0 saturated carbocycles. The van der Waals surface area contributed by atoms with Gasteiger partial charge in [-0.15, -0.1) is 0 Å². The first-order valence-corrected chi connectivity index (χ1v) is 10.7. The van der Waals surface area contributed by atoms with Crippen molar-refractivity contribution in [2.75, 3.05) is 6.61 Å². The highest BCUT2D eigenvalue weighted by molar-refractivity contribution is 5.86. The highest BCUT2D eigenvalue weighted by atomic mass is 16.6. The molecule has 1 heterocycles. The van der Waals surface area contributed by atoms with Crippen LogP contribution in [0.4, 0.5) is 0 Å². The molecule has 6 heteroatoms. The van der Waals surface area contributed by atoms with Gasteiger partial charge in [0, 0.05) is 0 Å². The third kappa shape index (κ3) is 4.80. The van der Waals surface area contributed by atoms with Crippen LogP contribution in [0.15, 0.2) is 96.1 Å². The smallest absolute Gasteiger partial charge is 0.284 e. The lowest BCUT2D eigenvalue weighted by Gasteiger charge is -2.24. The van der Waals surface area contributed by atoms with Gasteiger partial charge in [0.15, 0.2) is 11.5 Å². The van der Waals surface area contributed by atoms with Gasteiger partial charge in [-0.05, 0) is 58.3 Å². The standard InChI is InChI=1S/C27H22N2O4/c30-27(26-18-32-24-10-3-4-11-25(24)33-26)29-28-16-19-12-14-22(15-13-19)31-17-21-8-5-7-20-6-1-2-9-23(20)21/h1-16,26H,17-18H2,(H,29,30)/b28-16-/t26-/m0/s1. The summed E-state index contributed by atoms with van der Waals surface area (Å²) in [6.07, 6.45) is 0.825. The molecule has 0 unspecified atom stereocenters. The summed E-state index contributed by atoms with van der Waals surface area (Å²) in [5.41, 5.74) is 4.47. The van der Waals surface area contributed by atoms with Gasteiger partial charge in [0.05, 0.1) is 6.21 Å². The van der Waals surface area contributed by atoms with Gasteiger partial charge in [0.25, 0.3) is 5.91 Å². The number of hydrazone groups is 1. The zero-order valence-corrected chi connectivity index (χ0v) is 17.8. The topological polar surface area (TPSA) is 69.2 Å². The van der Waals surface area contributed by atoms with Crippen LogP contribution < -0.4 is 19.6 Å². The molecule has 33 heavy (non-hydrogen) atoms. The number of nitrogens with zero attached hydrogens (tertiary/aromatic N) is 1. The Balaban J connectivity index is 1.14. The number of carbonyl (C=O) groups excluding carboxylic acids is 1. The normalized spacial score (nSPS) is 14.8. The van der Waals surface area contributed by atoms with Crippen LogP contribution in [0, 0.1) is 0 Å². The Hall–Kier alpha value is -4.32. The van der Waals surface area contributed by atoms with Crippen molar-refractivity contribution in [3.05, 3.63) is 102 Å². The fourth-order valence-electron chi connectivity index (χ4n) is 3.62. The number of carbonyl (C=O) groups is 1. The molecule has 1 aliphatic rings. The van der Waals surface area contributed by atoms with E-state index in [-0.39, 0.29) is 12.5 Å². The van der Waals surface area contributed by atoms with Gasteiger partial charge in [-0.1, -0.05) is 54.6 Å². The molecule has 0 fully saturated rings. The van der Waals surface area contributed by atoms with Crippen LogP contribution >= 0.6 is 0 Å². The number of para-hydroxylation sites is 2. The molecule has 0 bridgehead atoms. The second-order valence-electron chi connectivity index (χ2n) is 7.59. The molecule has 0 radical (unpaired) electrons. The van der Waals surface area contributed by atoms with Crippen molar-refractivity contribution in [3.8, 4) is 17.2 Å². The Bertz CT molecular complexity index is 1300. The van der Waals surface area contributed by atoms with E-state index in [4.69, 9.17) is 14.2 Å². The fourth-order valence-corrected chi connectivity index (χ4v) is 3.62. The third-order valence-corrected chi connectivity index (χ3v) is 5.34. The Kier molecular flexibility index (Phi) is 5.89. The summed E-state index contributed by atoms with van der Waals surface area (Å²) in [6.45, 7) is 0.624. The lowest BCUT2D eigenvalue weighted by molar-refractivity contribution is -0.130. The average Bonchev–Trinajstić information content (AvgIpc) is 2.88. The van der Waals surface area contributed by atoms with Crippen molar-refractivity contribution in [3.63, 3.8) is 0 Å². The quantitative estimate of drug-likeness (QED) is 0.350. The van der Waals surface area contributed by atoms with Crippen molar-refractivity contribution in [1.82, 2.24) is 5.43 Å². The summed E-state index contributed by atoms with van der Waals surface area (Å²) in [5.74, 6) is 1.58. The second-order valence-corrected chi connectivity index (χ2v) is 7.59. The molecule has 1 N–H and O–H groups in total. The van der Waals surface area contributed by atoms with Gasteiger partial charge < -0.3 is 14.2 Å². The molecule has 0 saturated heterocycles. The van der Waals surface area contributed by atoms with Crippen molar-refractivity contribution in [2.24, 2.45) is 5.10 Å². The van der Waals surface area contributed by atoms with E-state index in [9.17, 15) is 4.79 Å². The van der Waals surface area contributed by atoms with Gasteiger partial charge in [-0.25, -0.2) is 5.43 Å². The van der Waals surface area contributed by atoms with E-state index >= 15 is 0 Å². The summed E-state index contributed by atoms with van der Waals surface area (Å²) in [4.78, 5) is 12.3. The fraction of sp³-hybridized carbons (Fsp3) is 0.111. The monoisotopic (exact) mass is 438 g/mol. The van der Waals surface area contributed by atoms with Crippen molar-refractivity contribution in [2.45, 2.75) is 12.7 Å². The minimum absolute atomic E-state index is 0.140. The predicted molar refractivity (Wildman–Crippen MR) is 127 cm³/mol. The van der Waals surface area contributed by atoms with Gasteiger partial charge >= 0.3 is 0 Å². The molecule has 1 amide bonds. The molecule has 0 aromatic heterocycles. The number of ether oxygens (including phenoxy) is 3. The van der Waals surface area contributed by atoms with E-state index in [1.54, 1.807) is 18.3 Å². The number of amides is 1. The van der Waals surface area contributed by atoms with Crippen LogP contribution in [0.3, 0.4) is 0 Å². The molecule has 4 aromatic carbocycles. The largest absolute Gasteiger partial charge is 0.489 e. The molecule has 0 aliphatic carbocycles. The van der Waals surface area contributed by atoms with Gasteiger partial charge in [0.1, 0.15) is 19.0 Å². The van der Waals surface area contributed by atoms with E-state index in [0.29, 0.717) is 18.1 Å². The number of hydrogen-bond acceptors (Lipinski definition) is 5. The minimum Gasteiger partial charge on any atom is -0.489 e. The number of fused-ring (bicyclic) bond motifs is 2. The Labute approximate surface area is 191 Å². The minimum atomic E-state index is -0.748. The van der Waals surface area contributed by atoms with Crippen LogP contribution in [0.5, 0.6) is 17.2 Å². The average molecular weight is 438 g/mol. The maximum atomic E-state index is 12.3. The molecular weight excluding hydrogens is 416 g/mol. The van der Waals surface area contributed by atoms with E-state index in [0.717, 1.165) is 16.9 Å². The maximum absolute atomic E-state index is 12.3. The molecule has 5 rings (SSSR count). The lowest BCUT2D eigenvalue weighted by Crippen LogP contribution is -2.42. The number of benzene rings is 4. The first-order chi connectivity index (χ1) is 16.3. The molecular formula is C27H22N2O4. The van der Waals surface area contributed by atoms with E-state index in [2.05, 4.69) is 34.8 Å². The highest BCUT2D eigenvalue weighted by Crippen LogP contribution is 2.30. The molecule has 6 nitrogen and oxygen atoms in total. The maximum Gasteiger partial charge on any atom is 0.284 e. The molecule has 1 aliphatic heterocycles. The Morgan fingerprint density at radius 3 is 2.58 bits per heavy atom. The number of hydrogen-bond donors (Lipinski definition) is 1. The SMILES string of the molecule is O=C(N/N=C\c1ccc(OCc2cccc3ccccc23)cc1)[C@@H]1COc2ccccc2O1. The summed E-state index contributed by atoms with van der Waals surface area (Å²) in [6, 6.07) is 29.2. The highest BCUT2D eigenvalue weighted by Gasteiger charge is 2.26. The second kappa shape index (κ2) is 9.44. The zero-order valence-electron chi connectivity index (χ0n) is 17.8. The first-order valence-electron chi connectivity index (χ1n) is 10.7. The zero-order chi connectivity index (χ0) is 22.5. The van der Waals surface area contributed by atoms with Gasteiger partial charge in [-0.2, -0.15) is 5.10 Å². The van der Waals surface area contributed by atoms with E-state index in [1.165, 1.54) is 10.8 Å². The van der Waals surface area contributed by atoms with Crippen LogP contribution in [0.1, 0.15) is 11.1 Å². The Morgan fingerprint density at radius 2 is 1.70 bits per heavy atom. The predicted octanol–water partition coefficient (Wildman–Crippen LogP) is 4.71. The molecule has 1 atom stereocenters. The summed E-state index contributed by atoms with van der Waals surface area (Å²) in [5, 5.41) is 6.42. The molecule has 164 valence electrons. The van der Waals surface area contributed by atoms with Gasteiger partial charge in [-0.3, -0.25) is 4.79 Å². The van der Waals surface area contributed by atoms with Crippen LogP contribution in [0.25, 0.3) is 10.8 Å². The number of nitrogens with one attached hydrogen (secondary N) is 1.